The number of nitrogens with one attached hydrogen (secondary N) is 1. The first-order valence-corrected chi connectivity index (χ1v) is 9.01. The molecule has 1 heterocycles. The average molecular weight is 337 g/mol. The normalized spacial score (nSPS) is 17.4. The molecule has 1 N–H and O–H groups in total. The third-order valence-corrected chi connectivity index (χ3v) is 4.58. The molecule has 1 atom stereocenters. The maximum atomic E-state index is 12.6. The Morgan fingerprint density at radius 1 is 1.12 bits per heavy atom. The van der Waals surface area contributed by atoms with Gasteiger partial charge >= 0.3 is 0 Å². The van der Waals surface area contributed by atoms with Crippen LogP contribution in [0.3, 0.4) is 0 Å². The van der Waals surface area contributed by atoms with Crippen LogP contribution in [0.1, 0.15) is 44.7 Å². The monoisotopic (exact) mass is 337 g/mol. The van der Waals surface area contributed by atoms with Crippen molar-refractivity contribution in [3.8, 4) is 5.75 Å². The highest BCUT2D eigenvalue weighted by Gasteiger charge is 2.28. The van der Waals surface area contributed by atoms with E-state index in [1.54, 1.807) is 0 Å². The van der Waals surface area contributed by atoms with Crippen molar-refractivity contribution in [2.45, 2.75) is 46.6 Å². The molecule has 132 valence electrons. The molecule has 2 aromatic rings. The summed E-state index contributed by atoms with van der Waals surface area (Å²) in [6, 6.07) is 16.1. The lowest BCUT2D eigenvalue weighted by molar-refractivity contribution is -0.120. The van der Waals surface area contributed by atoms with Gasteiger partial charge in [-0.05, 0) is 41.9 Å². The second-order valence-corrected chi connectivity index (χ2v) is 8.08. The molecule has 0 aromatic heterocycles. The number of ether oxygens (including phenoxy) is 1. The number of rotatable bonds is 4. The molecule has 3 rings (SSSR count). The lowest BCUT2D eigenvalue weighted by atomic mass is 9.82. The molecule has 1 amide bonds. The van der Waals surface area contributed by atoms with Crippen LogP contribution < -0.4 is 10.1 Å². The van der Waals surface area contributed by atoms with Gasteiger partial charge in [0.15, 0.2) is 0 Å². The van der Waals surface area contributed by atoms with Crippen molar-refractivity contribution in [1.29, 1.82) is 0 Å². The van der Waals surface area contributed by atoms with Crippen molar-refractivity contribution in [1.82, 2.24) is 0 Å². The Kier molecular flexibility index (Phi) is 5.12. The minimum atomic E-state index is 0.0705. The van der Waals surface area contributed by atoms with Crippen LogP contribution in [-0.2, 0) is 17.8 Å². The molecule has 0 spiro atoms. The standard InChI is InChI=1S/C22H27NO2/c1-22(2,3)14-18-10-9-17-11-12-19(13-20(17)23-21(18)24)25-15-16-7-5-4-6-8-16/h4-8,11-13,18H,9-10,14-15H2,1-3H3,(H,23,24). The fourth-order valence-corrected chi connectivity index (χ4v) is 3.35. The molecule has 0 aliphatic carbocycles. The summed E-state index contributed by atoms with van der Waals surface area (Å²) in [5.74, 6) is 0.993. The van der Waals surface area contributed by atoms with Gasteiger partial charge in [-0.25, -0.2) is 0 Å². The van der Waals surface area contributed by atoms with Gasteiger partial charge in [-0.3, -0.25) is 4.79 Å². The zero-order chi connectivity index (χ0) is 17.9. The maximum Gasteiger partial charge on any atom is 0.227 e. The predicted molar refractivity (Wildman–Crippen MR) is 102 cm³/mol. The van der Waals surface area contributed by atoms with Crippen LogP contribution in [0.25, 0.3) is 0 Å². The second-order valence-electron chi connectivity index (χ2n) is 8.08. The number of hydrogen-bond acceptors (Lipinski definition) is 2. The summed E-state index contributed by atoms with van der Waals surface area (Å²) in [5.41, 5.74) is 3.37. The molecule has 0 radical (unpaired) electrons. The first-order valence-electron chi connectivity index (χ1n) is 9.01. The summed E-state index contributed by atoms with van der Waals surface area (Å²) in [7, 11) is 0. The Hall–Kier alpha value is -2.29. The number of amides is 1. The van der Waals surface area contributed by atoms with Crippen LogP contribution in [-0.4, -0.2) is 5.91 Å². The van der Waals surface area contributed by atoms with E-state index in [9.17, 15) is 4.79 Å². The summed E-state index contributed by atoms with van der Waals surface area (Å²) in [6.45, 7) is 7.09. The summed E-state index contributed by atoms with van der Waals surface area (Å²) < 4.78 is 5.89. The second kappa shape index (κ2) is 7.30. The SMILES string of the molecule is CC(C)(C)CC1CCc2ccc(OCc3ccccc3)cc2NC1=O. The van der Waals surface area contributed by atoms with Crippen molar-refractivity contribution in [3.05, 3.63) is 59.7 Å². The molecule has 1 unspecified atom stereocenters. The zero-order valence-electron chi connectivity index (χ0n) is 15.3. The van der Waals surface area contributed by atoms with Crippen LogP contribution in [0.4, 0.5) is 5.69 Å². The number of carbonyl (C=O) groups is 1. The highest BCUT2D eigenvalue weighted by molar-refractivity contribution is 5.94. The Morgan fingerprint density at radius 3 is 2.60 bits per heavy atom. The van der Waals surface area contributed by atoms with E-state index >= 15 is 0 Å². The van der Waals surface area contributed by atoms with Crippen molar-refractivity contribution in [2.75, 3.05) is 5.32 Å². The van der Waals surface area contributed by atoms with Gasteiger partial charge < -0.3 is 10.1 Å². The third kappa shape index (κ3) is 4.85. The van der Waals surface area contributed by atoms with Gasteiger partial charge in [-0.15, -0.1) is 0 Å². The van der Waals surface area contributed by atoms with Crippen molar-refractivity contribution in [3.63, 3.8) is 0 Å². The Balaban J connectivity index is 1.69. The average Bonchev–Trinajstić information content (AvgIpc) is 2.71. The third-order valence-electron chi connectivity index (χ3n) is 4.58. The van der Waals surface area contributed by atoms with Crippen molar-refractivity contribution >= 4 is 11.6 Å². The van der Waals surface area contributed by atoms with E-state index in [0.717, 1.165) is 36.3 Å². The molecule has 3 nitrogen and oxygen atoms in total. The molecule has 1 aliphatic rings. The van der Waals surface area contributed by atoms with Crippen LogP contribution >= 0.6 is 0 Å². The number of aryl methyl sites for hydroxylation is 1. The summed E-state index contributed by atoms with van der Waals surface area (Å²) in [4.78, 5) is 12.6. The number of carbonyl (C=O) groups excluding carboxylic acids is 1. The van der Waals surface area contributed by atoms with E-state index in [2.05, 4.69) is 32.2 Å². The van der Waals surface area contributed by atoms with Gasteiger partial charge in [0.05, 0.1) is 0 Å². The zero-order valence-corrected chi connectivity index (χ0v) is 15.3. The highest BCUT2D eigenvalue weighted by Crippen LogP contribution is 2.33. The minimum absolute atomic E-state index is 0.0705. The van der Waals surface area contributed by atoms with Gasteiger partial charge in [0.1, 0.15) is 12.4 Å². The lowest BCUT2D eigenvalue weighted by Crippen LogP contribution is -2.25. The van der Waals surface area contributed by atoms with E-state index in [-0.39, 0.29) is 17.2 Å². The number of anilines is 1. The molecular weight excluding hydrogens is 310 g/mol. The molecule has 0 saturated carbocycles. The molecule has 2 aromatic carbocycles. The number of fused-ring (bicyclic) bond motifs is 1. The Bertz CT molecular complexity index is 731. The molecule has 0 bridgehead atoms. The molecule has 0 fully saturated rings. The van der Waals surface area contributed by atoms with Gasteiger partial charge in [0.25, 0.3) is 0 Å². The molecule has 3 heteroatoms. The number of hydrogen-bond donors (Lipinski definition) is 1. The van der Waals surface area contributed by atoms with Crippen molar-refractivity contribution in [2.24, 2.45) is 11.3 Å². The van der Waals surface area contributed by atoms with Crippen molar-refractivity contribution < 1.29 is 9.53 Å². The fourth-order valence-electron chi connectivity index (χ4n) is 3.35. The topological polar surface area (TPSA) is 38.3 Å². The molecule has 25 heavy (non-hydrogen) atoms. The van der Waals surface area contributed by atoms with E-state index in [1.165, 1.54) is 5.56 Å². The lowest BCUT2D eigenvalue weighted by Gasteiger charge is -2.23. The molecular formula is C22H27NO2. The largest absolute Gasteiger partial charge is 0.489 e. The van der Waals surface area contributed by atoms with E-state index < -0.39 is 0 Å². The first-order chi connectivity index (χ1) is 11.9. The fraction of sp³-hybridized carbons (Fsp3) is 0.409. The summed E-state index contributed by atoms with van der Waals surface area (Å²) in [6.07, 6.45) is 2.73. The predicted octanol–water partition coefficient (Wildman–Crippen LogP) is 5.20. The minimum Gasteiger partial charge on any atom is -0.489 e. The summed E-state index contributed by atoms with van der Waals surface area (Å²) >= 11 is 0. The van der Waals surface area contributed by atoms with Gasteiger partial charge in [-0.1, -0.05) is 57.2 Å². The highest BCUT2D eigenvalue weighted by atomic mass is 16.5. The smallest absolute Gasteiger partial charge is 0.227 e. The van der Waals surface area contributed by atoms with Gasteiger partial charge in [0.2, 0.25) is 5.91 Å². The number of benzene rings is 2. The first kappa shape index (κ1) is 17.5. The van der Waals surface area contributed by atoms with Crippen LogP contribution in [0.5, 0.6) is 5.75 Å². The van der Waals surface area contributed by atoms with Gasteiger partial charge in [-0.2, -0.15) is 0 Å². The van der Waals surface area contributed by atoms with E-state index in [1.807, 2.05) is 42.5 Å². The quantitative estimate of drug-likeness (QED) is 0.832. The van der Waals surface area contributed by atoms with Gasteiger partial charge in [0, 0.05) is 17.7 Å². The Morgan fingerprint density at radius 2 is 1.88 bits per heavy atom. The Labute approximate surface area is 150 Å². The van der Waals surface area contributed by atoms with Crippen LogP contribution in [0.15, 0.2) is 48.5 Å². The van der Waals surface area contributed by atoms with E-state index in [4.69, 9.17) is 4.74 Å². The van der Waals surface area contributed by atoms with E-state index in [0.29, 0.717) is 6.61 Å². The maximum absolute atomic E-state index is 12.6. The van der Waals surface area contributed by atoms with Crippen LogP contribution in [0.2, 0.25) is 0 Å². The summed E-state index contributed by atoms with van der Waals surface area (Å²) in [5, 5.41) is 3.11. The molecule has 1 aliphatic heterocycles. The van der Waals surface area contributed by atoms with Crippen LogP contribution in [0, 0.1) is 11.3 Å². The molecule has 0 saturated heterocycles.